The van der Waals surface area contributed by atoms with Gasteiger partial charge in [0.05, 0.1) is 6.04 Å². The van der Waals surface area contributed by atoms with Crippen LogP contribution in [0.25, 0.3) is 0 Å². The fourth-order valence-corrected chi connectivity index (χ4v) is 3.72. The van der Waals surface area contributed by atoms with E-state index in [0.717, 1.165) is 16.6 Å². The van der Waals surface area contributed by atoms with Gasteiger partial charge in [-0.3, -0.25) is 4.79 Å². The lowest BCUT2D eigenvalue weighted by Crippen LogP contribution is -2.30. The highest BCUT2D eigenvalue weighted by Crippen LogP contribution is 2.35. The van der Waals surface area contributed by atoms with Crippen molar-refractivity contribution in [3.05, 3.63) is 64.1 Å². The van der Waals surface area contributed by atoms with Crippen LogP contribution in [-0.2, 0) is 0 Å². The van der Waals surface area contributed by atoms with Gasteiger partial charge in [-0.1, -0.05) is 34.1 Å². The van der Waals surface area contributed by atoms with E-state index < -0.39 is 0 Å². The van der Waals surface area contributed by atoms with Crippen LogP contribution in [0.4, 0.5) is 0 Å². The SMILES string of the molecule is O=C(N[C@H]1CCSc2ccccc21)c1ccc(Br)cc1. The van der Waals surface area contributed by atoms with Gasteiger partial charge in [-0.15, -0.1) is 11.8 Å². The Hall–Kier alpha value is -1.26. The summed E-state index contributed by atoms with van der Waals surface area (Å²) in [7, 11) is 0. The third-order valence-corrected chi connectivity index (χ3v) is 5.02. The van der Waals surface area contributed by atoms with Gasteiger partial charge in [-0.25, -0.2) is 0 Å². The smallest absolute Gasteiger partial charge is 0.251 e. The standard InChI is InChI=1S/C16H14BrNOS/c17-12-7-5-11(6-8-12)16(19)18-14-9-10-20-15-4-2-1-3-13(14)15/h1-8,14H,9-10H2,(H,18,19)/t14-/m0/s1. The summed E-state index contributed by atoms with van der Waals surface area (Å²) in [5, 5.41) is 3.14. The molecule has 0 saturated carbocycles. The molecular weight excluding hydrogens is 334 g/mol. The molecule has 0 fully saturated rings. The first-order valence-electron chi connectivity index (χ1n) is 6.52. The summed E-state index contributed by atoms with van der Waals surface area (Å²) in [5.41, 5.74) is 1.93. The minimum Gasteiger partial charge on any atom is -0.345 e. The van der Waals surface area contributed by atoms with E-state index >= 15 is 0 Å². The number of hydrogen-bond donors (Lipinski definition) is 1. The molecule has 1 aliphatic heterocycles. The van der Waals surface area contributed by atoms with Gasteiger partial charge in [0.2, 0.25) is 0 Å². The van der Waals surface area contributed by atoms with Crippen molar-refractivity contribution in [3.63, 3.8) is 0 Å². The van der Waals surface area contributed by atoms with Gasteiger partial charge in [0.15, 0.2) is 0 Å². The zero-order valence-corrected chi connectivity index (χ0v) is 13.2. The van der Waals surface area contributed by atoms with Crippen molar-refractivity contribution < 1.29 is 4.79 Å². The van der Waals surface area contributed by atoms with E-state index in [4.69, 9.17) is 0 Å². The third-order valence-electron chi connectivity index (χ3n) is 3.37. The van der Waals surface area contributed by atoms with E-state index in [1.165, 1.54) is 10.5 Å². The second-order valence-electron chi connectivity index (χ2n) is 4.71. The highest BCUT2D eigenvalue weighted by Gasteiger charge is 2.22. The lowest BCUT2D eigenvalue weighted by atomic mass is 10.0. The van der Waals surface area contributed by atoms with Crippen LogP contribution in [0.2, 0.25) is 0 Å². The summed E-state index contributed by atoms with van der Waals surface area (Å²) in [4.78, 5) is 13.6. The van der Waals surface area contributed by atoms with Crippen LogP contribution in [0.15, 0.2) is 57.9 Å². The molecule has 1 heterocycles. The van der Waals surface area contributed by atoms with Crippen molar-refractivity contribution in [2.24, 2.45) is 0 Å². The maximum Gasteiger partial charge on any atom is 0.251 e. The molecule has 102 valence electrons. The second kappa shape index (κ2) is 6.02. The highest BCUT2D eigenvalue weighted by molar-refractivity contribution is 9.10. The molecule has 3 rings (SSSR count). The first-order valence-corrected chi connectivity index (χ1v) is 8.30. The molecule has 2 nitrogen and oxygen atoms in total. The number of benzene rings is 2. The number of rotatable bonds is 2. The van der Waals surface area contributed by atoms with Gasteiger partial charge >= 0.3 is 0 Å². The number of carbonyl (C=O) groups is 1. The summed E-state index contributed by atoms with van der Waals surface area (Å²) in [6.45, 7) is 0. The van der Waals surface area contributed by atoms with Gasteiger partial charge in [-0.05, 0) is 42.3 Å². The van der Waals surface area contributed by atoms with Crippen LogP contribution >= 0.6 is 27.7 Å². The zero-order chi connectivity index (χ0) is 13.9. The fourth-order valence-electron chi connectivity index (χ4n) is 2.33. The van der Waals surface area contributed by atoms with Gasteiger partial charge < -0.3 is 5.32 Å². The number of halogens is 1. The molecule has 0 saturated heterocycles. The molecule has 1 atom stereocenters. The summed E-state index contributed by atoms with van der Waals surface area (Å²) < 4.78 is 0.980. The van der Waals surface area contributed by atoms with Crippen LogP contribution < -0.4 is 5.32 Å². The van der Waals surface area contributed by atoms with Crippen LogP contribution in [-0.4, -0.2) is 11.7 Å². The van der Waals surface area contributed by atoms with Crippen molar-refractivity contribution in [2.75, 3.05) is 5.75 Å². The topological polar surface area (TPSA) is 29.1 Å². The molecule has 0 bridgehead atoms. The van der Waals surface area contributed by atoms with Gasteiger partial charge in [0.1, 0.15) is 0 Å². The molecule has 1 amide bonds. The molecule has 2 aromatic rings. The highest BCUT2D eigenvalue weighted by atomic mass is 79.9. The molecule has 1 N–H and O–H groups in total. The Morgan fingerprint density at radius 1 is 1.15 bits per heavy atom. The fraction of sp³-hybridized carbons (Fsp3) is 0.188. The van der Waals surface area contributed by atoms with E-state index in [0.29, 0.717) is 5.56 Å². The van der Waals surface area contributed by atoms with Crippen molar-refractivity contribution >= 4 is 33.6 Å². The number of carbonyl (C=O) groups excluding carboxylic acids is 1. The number of fused-ring (bicyclic) bond motifs is 1. The number of nitrogens with one attached hydrogen (secondary N) is 1. The lowest BCUT2D eigenvalue weighted by molar-refractivity contribution is 0.0935. The van der Waals surface area contributed by atoms with Crippen LogP contribution in [0, 0.1) is 0 Å². The predicted octanol–water partition coefficient (Wildman–Crippen LogP) is 4.42. The normalized spacial score (nSPS) is 17.4. The molecule has 0 aliphatic carbocycles. The molecule has 20 heavy (non-hydrogen) atoms. The first kappa shape index (κ1) is 13.7. The average molecular weight is 348 g/mol. The second-order valence-corrected chi connectivity index (χ2v) is 6.76. The van der Waals surface area contributed by atoms with Crippen LogP contribution in [0.3, 0.4) is 0 Å². The van der Waals surface area contributed by atoms with E-state index in [-0.39, 0.29) is 11.9 Å². The first-order chi connectivity index (χ1) is 9.74. The Bertz CT molecular complexity index is 627. The Morgan fingerprint density at radius 2 is 1.90 bits per heavy atom. The molecule has 0 unspecified atom stereocenters. The van der Waals surface area contributed by atoms with Crippen LogP contribution in [0.5, 0.6) is 0 Å². The summed E-state index contributed by atoms with van der Waals surface area (Å²) in [6.07, 6.45) is 0.976. The van der Waals surface area contributed by atoms with Crippen molar-refractivity contribution in [3.8, 4) is 0 Å². The number of thioether (sulfide) groups is 1. The number of amides is 1. The van der Waals surface area contributed by atoms with Crippen molar-refractivity contribution in [1.82, 2.24) is 5.32 Å². The van der Waals surface area contributed by atoms with Gasteiger partial charge in [-0.2, -0.15) is 0 Å². The lowest BCUT2D eigenvalue weighted by Gasteiger charge is -2.25. The molecule has 2 aromatic carbocycles. The minimum absolute atomic E-state index is 0.01000. The quantitative estimate of drug-likeness (QED) is 0.871. The third kappa shape index (κ3) is 2.91. The molecule has 4 heteroatoms. The maximum atomic E-state index is 12.3. The largest absolute Gasteiger partial charge is 0.345 e. The van der Waals surface area contributed by atoms with E-state index in [1.807, 2.05) is 48.2 Å². The predicted molar refractivity (Wildman–Crippen MR) is 86.1 cm³/mol. The summed E-state index contributed by atoms with van der Waals surface area (Å²) >= 11 is 5.24. The Kier molecular flexibility index (Phi) is 4.13. The van der Waals surface area contributed by atoms with E-state index in [1.54, 1.807) is 0 Å². The number of hydrogen-bond acceptors (Lipinski definition) is 2. The monoisotopic (exact) mass is 347 g/mol. The van der Waals surface area contributed by atoms with E-state index in [9.17, 15) is 4.79 Å². The molecule has 0 radical (unpaired) electrons. The zero-order valence-electron chi connectivity index (χ0n) is 10.8. The Balaban J connectivity index is 1.79. The molecular formula is C16H14BrNOS. The minimum atomic E-state index is -0.01000. The molecule has 1 aliphatic rings. The Labute approximate surface area is 131 Å². The van der Waals surface area contributed by atoms with Crippen molar-refractivity contribution in [2.45, 2.75) is 17.4 Å². The summed E-state index contributed by atoms with van der Waals surface area (Å²) in [5.74, 6) is 1.03. The van der Waals surface area contributed by atoms with Gasteiger partial charge in [0, 0.05) is 20.7 Å². The van der Waals surface area contributed by atoms with Crippen LogP contribution in [0.1, 0.15) is 28.4 Å². The average Bonchev–Trinajstić information content (AvgIpc) is 2.48. The van der Waals surface area contributed by atoms with Gasteiger partial charge in [0.25, 0.3) is 5.91 Å². The molecule has 0 spiro atoms. The summed E-state index contributed by atoms with van der Waals surface area (Å²) in [6, 6.07) is 15.9. The van der Waals surface area contributed by atoms with E-state index in [2.05, 4.69) is 33.4 Å². The molecule has 0 aromatic heterocycles. The van der Waals surface area contributed by atoms with Crippen molar-refractivity contribution in [1.29, 1.82) is 0 Å². The maximum absolute atomic E-state index is 12.3. The Morgan fingerprint density at radius 3 is 2.70 bits per heavy atom.